The molecule has 20 heavy (non-hydrogen) atoms. The van der Waals surface area contributed by atoms with E-state index in [1.165, 1.54) is 0 Å². The molecule has 1 aliphatic rings. The lowest BCUT2D eigenvalue weighted by molar-refractivity contribution is -0.143. The second-order valence-electron chi connectivity index (χ2n) is 5.29. The quantitative estimate of drug-likeness (QED) is 0.924. The van der Waals surface area contributed by atoms with Crippen LogP contribution in [0, 0.1) is 5.92 Å². The van der Waals surface area contributed by atoms with Crippen molar-refractivity contribution in [3.63, 3.8) is 0 Å². The van der Waals surface area contributed by atoms with Crippen LogP contribution < -0.4 is 0 Å². The molecule has 1 saturated heterocycles. The van der Waals surface area contributed by atoms with Gasteiger partial charge in [0.1, 0.15) is 0 Å². The van der Waals surface area contributed by atoms with Gasteiger partial charge in [0.05, 0.1) is 17.0 Å². The first-order chi connectivity index (χ1) is 9.72. The Morgan fingerprint density at radius 1 is 1.30 bits per heavy atom. The van der Waals surface area contributed by atoms with Crippen molar-refractivity contribution < 1.29 is 9.90 Å². The Morgan fingerprint density at radius 2 is 2.10 bits per heavy atom. The summed E-state index contributed by atoms with van der Waals surface area (Å²) in [7, 11) is 0. The molecule has 0 bridgehead atoms. The zero-order valence-electron chi connectivity index (χ0n) is 11.2. The maximum absolute atomic E-state index is 11.1. The van der Waals surface area contributed by atoms with E-state index in [-0.39, 0.29) is 5.92 Å². The molecule has 0 amide bonds. The van der Waals surface area contributed by atoms with Gasteiger partial charge in [-0.15, -0.1) is 0 Å². The molecule has 1 aliphatic heterocycles. The molecule has 0 aliphatic carbocycles. The summed E-state index contributed by atoms with van der Waals surface area (Å²) in [6, 6.07) is 6.05. The van der Waals surface area contributed by atoms with Crippen LogP contribution in [0.25, 0.3) is 11.0 Å². The highest BCUT2D eigenvalue weighted by molar-refractivity contribution is 5.74. The Hall–Kier alpha value is -2.01. The van der Waals surface area contributed by atoms with Gasteiger partial charge < -0.3 is 5.11 Å². The minimum Gasteiger partial charge on any atom is -0.481 e. The van der Waals surface area contributed by atoms with E-state index in [1.807, 2.05) is 18.2 Å². The van der Waals surface area contributed by atoms with Gasteiger partial charge in [-0.25, -0.2) is 0 Å². The summed E-state index contributed by atoms with van der Waals surface area (Å²) in [6.07, 6.45) is 5.11. The second kappa shape index (κ2) is 5.54. The van der Waals surface area contributed by atoms with Gasteiger partial charge in [-0.2, -0.15) is 0 Å². The zero-order chi connectivity index (χ0) is 13.9. The Labute approximate surface area is 117 Å². The molecule has 1 aromatic carbocycles. The molecular weight excluding hydrogens is 254 g/mol. The van der Waals surface area contributed by atoms with Crippen molar-refractivity contribution in [1.29, 1.82) is 0 Å². The van der Waals surface area contributed by atoms with Gasteiger partial charge in [-0.1, -0.05) is 6.07 Å². The number of carboxylic acid groups (broad SMARTS) is 1. The monoisotopic (exact) mass is 271 g/mol. The number of carbonyl (C=O) groups is 1. The summed E-state index contributed by atoms with van der Waals surface area (Å²) < 4.78 is 0. The molecule has 5 nitrogen and oxygen atoms in total. The van der Waals surface area contributed by atoms with Crippen molar-refractivity contribution >= 4 is 17.0 Å². The van der Waals surface area contributed by atoms with Crippen molar-refractivity contribution in [2.24, 2.45) is 5.92 Å². The number of likely N-dealkylation sites (tertiary alicyclic amines) is 1. The van der Waals surface area contributed by atoms with Crippen LogP contribution in [0.5, 0.6) is 0 Å². The van der Waals surface area contributed by atoms with Gasteiger partial charge in [-0.3, -0.25) is 19.7 Å². The molecule has 104 valence electrons. The number of aromatic nitrogens is 2. The van der Waals surface area contributed by atoms with Crippen LogP contribution in [-0.4, -0.2) is 39.0 Å². The molecule has 0 saturated carbocycles. The largest absolute Gasteiger partial charge is 0.481 e. The molecule has 3 rings (SSSR count). The number of hydrogen-bond donors (Lipinski definition) is 1. The van der Waals surface area contributed by atoms with Crippen molar-refractivity contribution in [3.05, 3.63) is 36.2 Å². The van der Waals surface area contributed by atoms with Gasteiger partial charge >= 0.3 is 5.97 Å². The standard InChI is InChI=1S/C15H17N3O2/c19-15(20)12-2-1-7-18(10-12)9-11-3-4-13-14(8-11)17-6-5-16-13/h3-6,8,12H,1-2,7,9-10H2,(H,19,20)/t12-/m1/s1. The van der Waals surface area contributed by atoms with E-state index in [1.54, 1.807) is 12.4 Å². The molecule has 1 atom stereocenters. The van der Waals surface area contributed by atoms with Crippen molar-refractivity contribution in [2.45, 2.75) is 19.4 Å². The van der Waals surface area contributed by atoms with Crippen LogP contribution in [0.2, 0.25) is 0 Å². The van der Waals surface area contributed by atoms with E-state index in [2.05, 4.69) is 14.9 Å². The minimum absolute atomic E-state index is 0.232. The number of rotatable bonds is 3. The molecule has 0 unspecified atom stereocenters. The fourth-order valence-electron chi connectivity index (χ4n) is 2.77. The van der Waals surface area contributed by atoms with Crippen LogP contribution in [-0.2, 0) is 11.3 Å². The number of benzene rings is 1. The molecule has 0 radical (unpaired) electrons. The normalized spacial score (nSPS) is 20.1. The Bertz CT molecular complexity index is 629. The molecule has 2 heterocycles. The van der Waals surface area contributed by atoms with E-state index in [0.717, 1.165) is 42.5 Å². The first kappa shape index (κ1) is 13.0. The third-order valence-electron chi connectivity index (χ3n) is 3.79. The van der Waals surface area contributed by atoms with Crippen LogP contribution in [0.3, 0.4) is 0 Å². The second-order valence-corrected chi connectivity index (χ2v) is 5.29. The van der Waals surface area contributed by atoms with E-state index in [9.17, 15) is 4.79 Å². The third-order valence-corrected chi connectivity index (χ3v) is 3.79. The third kappa shape index (κ3) is 2.77. The molecular formula is C15H17N3O2. The molecule has 1 aromatic heterocycles. The molecule has 2 aromatic rings. The van der Waals surface area contributed by atoms with Crippen molar-refractivity contribution in [3.8, 4) is 0 Å². The Morgan fingerprint density at radius 3 is 2.90 bits per heavy atom. The van der Waals surface area contributed by atoms with E-state index in [0.29, 0.717) is 6.54 Å². The average molecular weight is 271 g/mol. The lowest BCUT2D eigenvalue weighted by Crippen LogP contribution is -2.38. The first-order valence-corrected chi connectivity index (χ1v) is 6.87. The molecule has 0 spiro atoms. The maximum atomic E-state index is 11.1. The first-order valence-electron chi connectivity index (χ1n) is 6.87. The van der Waals surface area contributed by atoms with Gasteiger partial charge in [0, 0.05) is 25.5 Å². The lowest BCUT2D eigenvalue weighted by atomic mass is 9.98. The van der Waals surface area contributed by atoms with Crippen LogP contribution in [0.1, 0.15) is 18.4 Å². The van der Waals surface area contributed by atoms with Crippen LogP contribution in [0.4, 0.5) is 0 Å². The van der Waals surface area contributed by atoms with Crippen LogP contribution >= 0.6 is 0 Å². The van der Waals surface area contributed by atoms with Gasteiger partial charge in [-0.05, 0) is 37.1 Å². The summed E-state index contributed by atoms with van der Waals surface area (Å²) in [5.74, 6) is -0.914. The lowest BCUT2D eigenvalue weighted by Gasteiger charge is -2.30. The number of hydrogen-bond acceptors (Lipinski definition) is 4. The predicted octanol–water partition coefficient (Wildman–Crippen LogP) is 1.93. The fourth-order valence-corrected chi connectivity index (χ4v) is 2.77. The number of carboxylic acids is 1. The maximum Gasteiger partial charge on any atom is 0.307 e. The van der Waals surface area contributed by atoms with Gasteiger partial charge in [0.15, 0.2) is 0 Å². The molecule has 5 heteroatoms. The smallest absolute Gasteiger partial charge is 0.307 e. The van der Waals surface area contributed by atoms with E-state index < -0.39 is 5.97 Å². The fraction of sp³-hybridized carbons (Fsp3) is 0.400. The zero-order valence-corrected chi connectivity index (χ0v) is 11.2. The number of piperidine rings is 1. The Balaban J connectivity index is 1.74. The SMILES string of the molecule is O=C(O)[C@@H]1CCCN(Cc2ccc3nccnc3c2)C1. The minimum atomic E-state index is -0.681. The summed E-state index contributed by atoms with van der Waals surface area (Å²) in [6.45, 7) is 2.37. The highest BCUT2D eigenvalue weighted by Gasteiger charge is 2.25. The van der Waals surface area contributed by atoms with Gasteiger partial charge in [0.25, 0.3) is 0 Å². The summed E-state index contributed by atoms with van der Waals surface area (Å²) >= 11 is 0. The number of aliphatic carboxylic acids is 1. The highest BCUT2D eigenvalue weighted by Crippen LogP contribution is 2.20. The van der Waals surface area contributed by atoms with Crippen molar-refractivity contribution in [1.82, 2.24) is 14.9 Å². The molecule has 1 fully saturated rings. The van der Waals surface area contributed by atoms with E-state index in [4.69, 9.17) is 5.11 Å². The Kier molecular flexibility index (Phi) is 3.60. The summed E-state index contributed by atoms with van der Waals surface area (Å²) in [4.78, 5) is 21.8. The van der Waals surface area contributed by atoms with Crippen molar-refractivity contribution in [2.75, 3.05) is 13.1 Å². The van der Waals surface area contributed by atoms with Gasteiger partial charge in [0.2, 0.25) is 0 Å². The summed E-state index contributed by atoms with van der Waals surface area (Å²) in [5, 5.41) is 9.12. The number of fused-ring (bicyclic) bond motifs is 1. The highest BCUT2D eigenvalue weighted by atomic mass is 16.4. The predicted molar refractivity (Wildman–Crippen MR) is 75.2 cm³/mol. The topological polar surface area (TPSA) is 66.3 Å². The van der Waals surface area contributed by atoms with E-state index >= 15 is 0 Å². The summed E-state index contributed by atoms with van der Waals surface area (Å²) in [5.41, 5.74) is 2.93. The number of nitrogens with zero attached hydrogens (tertiary/aromatic N) is 3. The van der Waals surface area contributed by atoms with Crippen LogP contribution in [0.15, 0.2) is 30.6 Å². The molecule has 1 N–H and O–H groups in total. The average Bonchev–Trinajstić information content (AvgIpc) is 2.47.